The van der Waals surface area contributed by atoms with E-state index in [1.54, 1.807) is 0 Å². The van der Waals surface area contributed by atoms with Crippen molar-refractivity contribution in [2.75, 3.05) is 26.3 Å². The van der Waals surface area contributed by atoms with Gasteiger partial charge in [-0.3, -0.25) is 0 Å². The molecular weight excluding hydrogens is 226 g/mol. The summed E-state index contributed by atoms with van der Waals surface area (Å²) in [7, 11) is 0. The highest BCUT2D eigenvalue weighted by molar-refractivity contribution is 4.99. The maximum Gasteiger partial charge on any atom is 0.0933 e. The van der Waals surface area contributed by atoms with Crippen LogP contribution >= 0.6 is 0 Å². The molecule has 5 fully saturated rings. The molecule has 102 valence electrons. The summed E-state index contributed by atoms with van der Waals surface area (Å²) in [6.45, 7) is 3.61. The fourth-order valence-electron chi connectivity index (χ4n) is 5.09. The Balaban J connectivity index is 1.34. The Hall–Kier alpha value is -0.120. The van der Waals surface area contributed by atoms with Crippen LogP contribution in [-0.4, -0.2) is 38.5 Å². The molecule has 0 aromatic rings. The number of nitrogens with one attached hydrogen (secondary N) is 1. The molecule has 4 saturated carbocycles. The topological polar surface area (TPSA) is 30.5 Å². The Labute approximate surface area is 110 Å². The van der Waals surface area contributed by atoms with Gasteiger partial charge in [-0.15, -0.1) is 0 Å². The fourth-order valence-corrected chi connectivity index (χ4v) is 5.09. The van der Waals surface area contributed by atoms with Gasteiger partial charge in [0.1, 0.15) is 0 Å². The smallest absolute Gasteiger partial charge is 0.0933 e. The predicted octanol–water partition coefficient (Wildman–Crippen LogP) is 1.82. The molecule has 1 unspecified atom stereocenters. The van der Waals surface area contributed by atoms with Gasteiger partial charge in [0.15, 0.2) is 0 Å². The molecule has 1 aliphatic heterocycles. The van der Waals surface area contributed by atoms with Gasteiger partial charge in [-0.25, -0.2) is 0 Å². The molecule has 3 nitrogen and oxygen atoms in total. The van der Waals surface area contributed by atoms with E-state index in [-0.39, 0.29) is 6.10 Å². The third kappa shape index (κ3) is 2.10. The van der Waals surface area contributed by atoms with Gasteiger partial charge in [0.05, 0.1) is 25.4 Å². The molecule has 0 aromatic heterocycles. The van der Waals surface area contributed by atoms with Crippen molar-refractivity contribution in [2.24, 2.45) is 23.7 Å². The lowest BCUT2D eigenvalue weighted by molar-refractivity contribution is -0.147. The van der Waals surface area contributed by atoms with E-state index in [2.05, 4.69) is 5.32 Å². The predicted molar refractivity (Wildman–Crippen MR) is 69.4 cm³/mol. The first-order valence-corrected chi connectivity index (χ1v) is 7.82. The number of morpholine rings is 1. The summed E-state index contributed by atoms with van der Waals surface area (Å²) in [5.41, 5.74) is 0. The zero-order valence-electron chi connectivity index (χ0n) is 11.1. The summed E-state index contributed by atoms with van der Waals surface area (Å²) in [5.74, 6) is 3.83. The van der Waals surface area contributed by atoms with E-state index >= 15 is 0 Å². The van der Waals surface area contributed by atoms with E-state index in [0.717, 1.165) is 50.0 Å². The molecule has 1 N–H and O–H groups in total. The fraction of sp³-hybridized carbons (Fsp3) is 1.00. The van der Waals surface area contributed by atoms with Gasteiger partial charge in [0, 0.05) is 13.1 Å². The molecule has 5 rings (SSSR count). The first kappa shape index (κ1) is 11.7. The van der Waals surface area contributed by atoms with Crippen molar-refractivity contribution in [1.82, 2.24) is 5.32 Å². The average Bonchev–Trinajstić information content (AvgIpc) is 2.38. The maximum atomic E-state index is 6.29. The molecule has 0 aromatic carbocycles. The molecule has 0 radical (unpaired) electrons. The van der Waals surface area contributed by atoms with Crippen LogP contribution in [0, 0.1) is 23.7 Å². The SMILES string of the molecule is C1COC(COC2C3CC4CC(C3)CC2C4)CN1. The Morgan fingerprint density at radius 2 is 1.72 bits per heavy atom. The first-order valence-electron chi connectivity index (χ1n) is 7.82. The number of rotatable bonds is 3. The van der Waals surface area contributed by atoms with Gasteiger partial charge in [-0.05, 0) is 55.8 Å². The summed E-state index contributed by atoms with van der Waals surface area (Å²) in [6.07, 6.45) is 8.15. The third-order valence-corrected chi connectivity index (χ3v) is 5.62. The minimum absolute atomic E-state index is 0.288. The van der Waals surface area contributed by atoms with E-state index in [4.69, 9.17) is 9.47 Å². The minimum Gasteiger partial charge on any atom is -0.375 e. The zero-order chi connectivity index (χ0) is 11.9. The summed E-state index contributed by atoms with van der Waals surface area (Å²) in [6, 6.07) is 0. The molecule has 0 spiro atoms. The van der Waals surface area contributed by atoms with Crippen LogP contribution in [0.3, 0.4) is 0 Å². The van der Waals surface area contributed by atoms with Crippen molar-refractivity contribution >= 4 is 0 Å². The van der Waals surface area contributed by atoms with E-state index in [1.165, 1.54) is 32.1 Å². The van der Waals surface area contributed by atoms with Crippen molar-refractivity contribution in [3.63, 3.8) is 0 Å². The van der Waals surface area contributed by atoms with Crippen molar-refractivity contribution in [2.45, 2.75) is 44.3 Å². The van der Waals surface area contributed by atoms with Crippen LogP contribution in [0.1, 0.15) is 32.1 Å². The van der Waals surface area contributed by atoms with E-state index in [1.807, 2.05) is 0 Å². The standard InChI is InChI=1S/C15H25NO2/c1-2-17-14(8-16-1)9-18-15-12-4-10-3-11(6-12)7-13(15)5-10/h10-16H,1-9H2. The van der Waals surface area contributed by atoms with Crippen LogP contribution in [0.15, 0.2) is 0 Å². The van der Waals surface area contributed by atoms with Gasteiger partial charge < -0.3 is 14.8 Å². The molecule has 0 amide bonds. The Morgan fingerprint density at radius 3 is 2.33 bits per heavy atom. The molecule has 18 heavy (non-hydrogen) atoms. The van der Waals surface area contributed by atoms with E-state index in [9.17, 15) is 0 Å². The van der Waals surface area contributed by atoms with E-state index in [0.29, 0.717) is 6.10 Å². The third-order valence-electron chi connectivity index (χ3n) is 5.62. The molecule has 5 aliphatic rings. The molecule has 1 heterocycles. The molecule has 3 heteroatoms. The minimum atomic E-state index is 0.288. The lowest BCUT2D eigenvalue weighted by Crippen LogP contribution is -2.51. The second kappa shape index (κ2) is 4.77. The van der Waals surface area contributed by atoms with Gasteiger partial charge >= 0.3 is 0 Å². The largest absolute Gasteiger partial charge is 0.375 e. The van der Waals surface area contributed by atoms with Crippen molar-refractivity contribution in [3.8, 4) is 0 Å². The molecular formula is C15H25NO2. The molecule has 4 aliphatic carbocycles. The van der Waals surface area contributed by atoms with Gasteiger partial charge in [-0.2, -0.15) is 0 Å². The molecule has 4 bridgehead atoms. The highest BCUT2D eigenvalue weighted by Gasteiger charge is 2.48. The van der Waals surface area contributed by atoms with Gasteiger partial charge in [0.2, 0.25) is 0 Å². The van der Waals surface area contributed by atoms with Gasteiger partial charge in [-0.1, -0.05) is 0 Å². The zero-order valence-corrected chi connectivity index (χ0v) is 11.1. The quantitative estimate of drug-likeness (QED) is 0.830. The summed E-state index contributed by atoms with van der Waals surface area (Å²) < 4.78 is 12.0. The normalized spacial score (nSPS) is 50.7. The molecule has 1 saturated heterocycles. The number of hydrogen-bond acceptors (Lipinski definition) is 3. The molecule has 1 atom stereocenters. The number of hydrogen-bond donors (Lipinski definition) is 1. The second-order valence-corrected chi connectivity index (χ2v) is 6.93. The van der Waals surface area contributed by atoms with E-state index < -0.39 is 0 Å². The van der Waals surface area contributed by atoms with Crippen LogP contribution in [-0.2, 0) is 9.47 Å². The van der Waals surface area contributed by atoms with Crippen LogP contribution in [0.2, 0.25) is 0 Å². The van der Waals surface area contributed by atoms with Crippen LogP contribution in [0.25, 0.3) is 0 Å². The van der Waals surface area contributed by atoms with Crippen molar-refractivity contribution in [3.05, 3.63) is 0 Å². The summed E-state index contributed by atoms with van der Waals surface area (Å²) in [4.78, 5) is 0. The monoisotopic (exact) mass is 251 g/mol. The lowest BCUT2D eigenvalue weighted by atomic mass is 9.55. The van der Waals surface area contributed by atoms with Crippen LogP contribution < -0.4 is 5.32 Å². The van der Waals surface area contributed by atoms with Crippen LogP contribution in [0.5, 0.6) is 0 Å². The first-order chi connectivity index (χ1) is 8.88. The second-order valence-electron chi connectivity index (χ2n) is 6.93. The number of ether oxygens (including phenoxy) is 2. The summed E-state index contributed by atoms with van der Waals surface area (Å²) in [5, 5.41) is 3.38. The highest BCUT2D eigenvalue weighted by atomic mass is 16.5. The van der Waals surface area contributed by atoms with Gasteiger partial charge in [0.25, 0.3) is 0 Å². The Kier molecular flexibility index (Phi) is 3.10. The maximum absolute atomic E-state index is 6.29. The average molecular weight is 251 g/mol. The van der Waals surface area contributed by atoms with Crippen molar-refractivity contribution in [1.29, 1.82) is 0 Å². The van der Waals surface area contributed by atoms with Crippen molar-refractivity contribution < 1.29 is 9.47 Å². The van der Waals surface area contributed by atoms with Crippen LogP contribution in [0.4, 0.5) is 0 Å². The Bertz CT molecular complexity index is 273. The Morgan fingerprint density at radius 1 is 1.00 bits per heavy atom. The summed E-state index contributed by atoms with van der Waals surface area (Å²) >= 11 is 0. The lowest BCUT2D eigenvalue weighted by Gasteiger charge is -2.54. The highest BCUT2D eigenvalue weighted by Crippen LogP contribution is 2.54.